The third kappa shape index (κ3) is 6.00. The van der Waals surface area contributed by atoms with Gasteiger partial charge in [0.1, 0.15) is 0 Å². The zero-order valence-electron chi connectivity index (χ0n) is 13.7. The number of aryl methyl sites for hydroxylation is 1. The van der Waals surface area contributed by atoms with Crippen LogP contribution in [0, 0.1) is 0 Å². The molecule has 2 rings (SSSR count). The van der Waals surface area contributed by atoms with Crippen LogP contribution in [-0.2, 0) is 6.42 Å². The highest BCUT2D eigenvalue weighted by Gasteiger charge is 2.23. The summed E-state index contributed by atoms with van der Waals surface area (Å²) in [6.45, 7) is 5.76. The second-order valence-corrected chi connectivity index (χ2v) is 6.40. The highest BCUT2D eigenvalue weighted by Crippen LogP contribution is 2.27. The largest absolute Gasteiger partial charge is 0.314 e. The van der Waals surface area contributed by atoms with Gasteiger partial charge in [0.2, 0.25) is 0 Å². The molecule has 21 heavy (non-hydrogen) atoms. The van der Waals surface area contributed by atoms with Gasteiger partial charge < -0.3 is 5.32 Å². The average Bonchev–Trinajstić information content (AvgIpc) is 2.90. The van der Waals surface area contributed by atoms with Gasteiger partial charge in [0.15, 0.2) is 0 Å². The molecule has 0 amide bonds. The van der Waals surface area contributed by atoms with E-state index in [-0.39, 0.29) is 12.4 Å². The molecule has 0 saturated carbocycles. The number of hydrogen-bond donors (Lipinski definition) is 1. The molecule has 2 atom stereocenters. The summed E-state index contributed by atoms with van der Waals surface area (Å²) in [5, 5.41) is 3.54. The van der Waals surface area contributed by atoms with Crippen LogP contribution in [0.4, 0.5) is 0 Å². The normalized spacial score (nSPS) is 21.2. The van der Waals surface area contributed by atoms with E-state index in [4.69, 9.17) is 0 Å². The molecular weight excluding hydrogens is 278 g/mol. The van der Waals surface area contributed by atoms with Crippen molar-refractivity contribution in [2.24, 2.45) is 0 Å². The van der Waals surface area contributed by atoms with Crippen molar-refractivity contribution in [2.75, 3.05) is 6.54 Å². The quantitative estimate of drug-likeness (QED) is 0.627. The number of nitrogens with one attached hydrogen (secondary N) is 1. The molecule has 0 radical (unpaired) electrons. The van der Waals surface area contributed by atoms with Gasteiger partial charge in [0.05, 0.1) is 0 Å². The molecule has 0 aromatic heterocycles. The molecule has 0 aliphatic carbocycles. The van der Waals surface area contributed by atoms with Crippen molar-refractivity contribution in [3.05, 3.63) is 35.4 Å². The topological polar surface area (TPSA) is 12.0 Å². The van der Waals surface area contributed by atoms with Gasteiger partial charge in [-0.05, 0) is 43.9 Å². The maximum Gasteiger partial charge on any atom is 0.0108 e. The molecule has 1 nitrogen and oxygen atoms in total. The Hall–Kier alpha value is -0.530. The van der Waals surface area contributed by atoms with Crippen LogP contribution in [0.1, 0.15) is 75.8 Å². The van der Waals surface area contributed by atoms with Crippen LogP contribution in [0.15, 0.2) is 24.3 Å². The van der Waals surface area contributed by atoms with E-state index >= 15 is 0 Å². The maximum atomic E-state index is 3.54. The van der Waals surface area contributed by atoms with Gasteiger partial charge in [-0.15, -0.1) is 12.4 Å². The van der Waals surface area contributed by atoms with Crippen molar-refractivity contribution in [1.29, 1.82) is 0 Å². The summed E-state index contributed by atoms with van der Waals surface area (Å²) in [5.74, 6) is 0.720. The van der Waals surface area contributed by atoms with Crippen molar-refractivity contribution in [2.45, 2.75) is 77.2 Å². The minimum atomic E-state index is 0. The Morgan fingerprint density at radius 3 is 2.29 bits per heavy atom. The first kappa shape index (κ1) is 18.5. The molecule has 1 heterocycles. The van der Waals surface area contributed by atoms with E-state index in [0.717, 1.165) is 5.92 Å². The van der Waals surface area contributed by atoms with Crippen LogP contribution in [-0.4, -0.2) is 12.6 Å². The van der Waals surface area contributed by atoms with E-state index in [1.807, 2.05) is 0 Å². The predicted octanol–water partition coefficient (Wildman–Crippen LogP) is 5.48. The van der Waals surface area contributed by atoms with Crippen LogP contribution in [0.3, 0.4) is 0 Å². The van der Waals surface area contributed by atoms with Crippen LogP contribution in [0.5, 0.6) is 0 Å². The average molecular weight is 310 g/mol. The second kappa shape index (κ2) is 10.2. The molecule has 1 aliphatic heterocycles. The molecule has 1 saturated heterocycles. The Kier molecular flexibility index (Phi) is 9.03. The van der Waals surface area contributed by atoms with E-state index in [1.165, 1.54) is 69.0 Å². The molecule has 1 fully saturated rings. The van der Waals surface area contributed by atoms with E-state index in [0.29, 0.717) is 6.04 Å². The van der Waals surface area contributed by atoms with E-state index < -0.39 is 0 Å². The van der Waals surface area contributed by atoms with Crippen molar-refractivity contribution in [3.8, 4) is 0 Å². The lowest BCUT2D eigenvalue weighted by molar-refractivity contribution is 0.593. The number of benzene rings is 1. The minimum Gasteiger partial charge on any atom is -0.314 e. The van der Waals surface area contributed by atoms with Gasteiger partial charge in [0, 0.05) is 12.0 Å². The Balaban J connectivity index is 0.00000220. The van der Waals surface area contributed by atoms with Crippen LogP contribution in [0.25, 0.3) is 0 Å². The molecule has 0 bridgehead atoms. The van der Waals surface area contributed by atoms with Gasteiger partial charge in [0.25, 0.3) is 0 Å². The van der Waals surface area contributed by atoms with E-state index in [9.17, 15) is 0 Å². The van der Waals surface area contributed by atoms with Crippen molar-refractivity contribution < 1.29 is 0 Å². The lowest BCUT2D eigenvalue weighted by Crippen LogP contribution is -2.21. The van der Waals surface area contributed by atoms with Gasteiger partial charge in [-0.1, -0.05) is 63.3 Å². The van der Waals surface area contributed by atoms with Crippen LogP contribution in [0.2, 0.25) is 0 Å². The highest BCUT2D eigenvalue weighted by atomic mass is 35.5. The maximum absolute atomic E-state index is 3.54. The summed E-state index contributed by atoms with van der Waals surface area (Å²) in [7, 11) is 0. The molecule has 1 aliphatic rings. The van der Waals surface area contributed by atoms with E-state index in [2.05, 4.69) is 43.4 Å². The van der Waals surface area contributed by atoms with Gasteiger partial charge in [-0.25, -0.2) is 0 Å². The fourth-order valence-electron chi connectivity index (χ4n) is 3.36. The van der Waals surface area contributed by atoms with Crippen molar-refractivity contribution in [3.63, 3.8) is 0 Å². The van der Waals surface area contributed by atoms with Gasteiger partial charge in [-0.2, -0.15) is 0 Å². The molecule has 120 valence electrons. The summed E-state index contributed by atoms with van der Waals surface area (Å²) in [6.07, 6.45) is 10.9. The summed E-state index contributed by atoms with van der Waals surface area (Å²) in [5.41, 5.74) is 3.04. The molecule has 1 N–H and O–H groups in total. The lowest BCUT2D eigenvalue weighted by atomic mass is 9.92. The van der Waals surface area contributed by atoms with Crippen molar-refractivity contribution in [1.82, 2.24) is 5.32 Å². The smallest absolute Gasteiger partial charge is 0.0108 e. The fraction of sp³-hybridized carbons (Fsp3) is 0.684. The minimum absolute atomic E-state index is 0. The standard InChI is InChI=1S/C19H31N.ClH/c1-3-4-5-6-7-8-9-17-10-12-18(13-11-17)19-14-15-20-16(19)2;/h10-13,16,19-20H,3-9,14-15H2,1-2H3;1H/t16-,19+;/m1./s1. The SMILES string of the molecule is CCCCCCCCc1ccc([C@H]2CCN[C@@H]2C)cc1.Cl. The number of hydrogen-bond acceptors (Lipinski definition) is 1. The number of halogens is 1. The zero-order chi connectivity index (χ0) is 14.2. The molecular formula is C19H32ClN. The van der Waals surface area contributed by atoms with Crippen LogP contribution < -0.4 is 5.32 Å². The van der Waals surface area contributed by atoms with Crippen molar-refractivity contribution >= 4 is 12.4 Å². The third-order valence-corrected chi connectivity index (χ3v) is 4.75. The first-order valence-corrected chi connectivity index (χ1v) is 8.63. The monoisotopic (exact) mass is 309 g/mol. The molecule has 1 aromatic rings. The zero-order valence-corrected chi connectivity index (χ0v) is 14.6. The summed E-state index contributed by atoms with van der Waals surface area (Å²) in [6, 6.07) is 10.1. The molecule has 0 spiro atoms. The van der Waals surface area contributed by atoms with Crippen LogP contribution >= 0.6 is 12.4 Å². The molecule has 1 aromatic carbocycles. The number of unbranched alkanes of at least 4 members (excludes halogenated alkanes) is 5. The Bertz CT molecular complexity index is 374. The molecule has 0 unspecified atom stereocenters. The predicted molar refractivity (Wildman–Crippen MR) is 95.6 cm³/mol. The lowest BCUT2D eigenvalue weighted by Gasteiger charge is -2.15. The first-order chi connectivity index (χ1) is 9.81. The molecule has 2 heteroatoms. The highest BCUT2D eigenvalue weighted by molar-refractivity contribution is 5.85. The fourth-order valence-corrected chi connectivity index (χ4v) is 3.36. The van der Waals surface area contributed by atoms with Gasteiger partial charge >= 0.3 is 0 Å². The Morgan fingerprint density at radius 1 is 1.00 bits per heavy atom. The first-order valence-electron chi connectivity index (χ1n) is 8.63. The van der Waals surface area contributed by atoms with E-state index in [1.54, 1.807) is 0 Å². The Morgan fingerprint density at radius 2 is 1.67 bits per heavy atom. The summed E-state index contributed by atoms with van der Waals surface area (Å²) >= 11 is 0. The Labute approximate surface area is 137 Å². The number of rotatable bonds is 8. The third-order valence-electron chi connectivity index (χ3n) is 4.75. The summed E-state index contributed by atoms with van der Waals surface area (Å²) < 4.78 is 0. The second-order valence-electron chi connectivity index (χ2n) is 6.40. The summed E-state index contributed by atoms with van der Waals surface area (Å²) in [4.78, 5) is 0. The van der Waals surface area contributed by atoms with Gasteiger partial charge in [-0.3, -0.25) is 0 Å².